The maximum absolute atomic E-state index is 5.55. The van der Waals surface area contributed by atoms with Gasteiger partial charge in [0.1, 0.15) is 0 Å². The SMILES string of the molecule is CCOC1CNCC1c1nc(N)no1. The molecule has 1 saturated heterocycles. The predicted octanol–water partition coefficient (Wildman–Crippen LogP) is -0.256. The van der Waals surface area contributed by atoms with Crippen molar-refractivity contribution in [2.24, 2.45) is 0 Å². The third-order valence-corrected chi connectivity index (χ3v) is 2.31. The fraction of sp³-hybridized carbons (Fsp3) is 0.750. The fourth-order valence-electron chi connectivity index (χ4n) is 1.69. The minimum atomic E-state index is 0.111. The topological polar surface area (TPSA) is 86.2 Å². The normalized spacial score (nSPS) is 26.9. The minimum Gasteiger partial charge on any atom is -0.376 e. The Kier molecular flexibility index (Phi) is 2.64. The van der Waals surface area contributed by atoms with Crippen molar-refractivity contribution in [3.05, 3.63) is 5.89 Å². The summed E-state index contributed by atoms with van der Waals surface area (Å²) in [5, 5.41) is 6.79. The van der Waals surface area contributed by atoms with Gasteiger partial charge in [0, 0.05) is 19.7 Å². The molecule has 0 radical (unpaired) electrons. The quantitative estimate of drug-likeness (QED) is 0.696. The summed E-state index contributed by atoms with van der Waals surface area (Å²) in [5.41, 5.74) is 5.39. The maximum Gasteiger partial charge on any atom is 0.260 e. The zero-order chi connectivity index (χ0) is 9.97. The molecule has 0 aromatic carbocycles. The standard InChI is InChI=1S/C8H14N4O2/c1-2-13-6-4-10-3-5(6)7-11-8(9)12-14-7/h5-6,10H,2-4H2,1H3,(H2,9,12). The molecule has 1 aliphatic rings. The first-order valence-electron chi connectivity index (χ1n) is 4.72. The Hall–Kier alpha value is -1.14. The van der Waals surface area contributed by atoms with Crippen molar-refractivity contribution in [1.29, 1.82) is 0 Å². The van der Waals surface area contributed by atoms with E-state index in [-0.39, 0.29) is 18.0 Å². The zero-order valence-electron chi connectivity index (χ0n) is 8.06. The molecule has 14 heavy (non-hydrogen) atoms. The number of rotatable bonds is 3. The van der Waals surface area contributed by atoms with Crippen LogP contribution >= 0.6 is 0 Å². The van der Waals surface area contributed by atoms with Gasteiger partial charge in [0.15, 0.2) is 0 Å². The molecule has 2 atom stereocenters. The van der Waals surface area contributed by atoms with Crippen LogP contribution in [0, 0.1) is 0 Å². The van der Waals surface area contributed by atoms with Crippen LogP contribution in [0.4, 0.5) is 5.95 Å². The van der Waals surface area contributed by atoms with E-state index >= 15 is 0 Å². The Morgan fingerprint density at radius 1 is 1.64 bits per heavy atom. The summed E-state index contributed by atoms with van der Waals surface area (Å²) in [4.78, 5) is 4.01. The van der Waals surface area contributed by atoms with E-state index in [1.54, 1.807) is 0 Å². The van der Waals surface area contributed by atoms with Gasteiger partial charge in [-0.3, -0.25) is 0 Å². The molecule has 1 fully saturated rings. The van der Waals surface area contributed by atoms with Gasteiger partial charge in [-0.25, -0.2) is 0 Å². The molecule has 6 nitrogen and oxygen atoms in total. The Balaban J connectivity index is 2.09. The van der Waals surface area contributed by atoms with Gasteiger partial charge in [-0.15, -0.1) is 0 Å². The Morgan fingerprint density at radius 2 is 2.50 bits per heavy atom. The second-order valence-corrected chi connectivity index (χ2v) is 3.25. The van der Waals surface area contributed by atoms with Gasteiger partial charge in [-0.1, -0.05) is 0 Å². The lowest BCUT2D eigenvalue weighted by atomic mass is 10.1. The highest BCUT2D eigenvalue weighted by Crippen LogP contribution is 2.23. The molecule has 2 heterocycles. The molecule has 0 amide bonds. The molecule has 6 heteroatoms. The average molecular weight is 198 g/mol. The van der Waals surface area contributed by atoms with Gasteiger partial charge in [-0.2, -0.15) is 4.98 Å². The predicted molar refractivity (Wildman–Crippen MR) is 49.7 cm³/mol. The number of nitrogen functional groups attached to an aromatic ring is 1. The molecule has 1 aromatic rings. The van der Waals surface area contributed by atoms with E-state index in [1.807, 2.05) is 6.92 Å². The molecular formula is C8H14N4O2. The Bertz CT molecular complexity index is 301. The molecule has 0 saturated carbocycles. The summed E-state index contributed by atoms with van der Waals surface area (Å²) in [6.45, 7) is 4.27. The van der Waals surface area contributed by atoms with Gasteiger partial charge in [0.05, 0.1) is 12.0 Å². The van der Waals surface area contributed by atoms with Crippen molar-refractivity contribution in [2.45, 2.75) is 18.9 Å². The van der Waals surface area contributed by atoms with Crippen LogP contribution in [0.5, 0.6) is 0 Å². The van der Waals surface area contributed by atoms with Crippen LogP contribution in [0.2, 0.25) is 0 Å². The van der Waals surface area contributed by atoms with Gasteiger partial charge in [-0.05, 0) is 12.1 Å². The van der Waals surface area contributed by atoms with E-state index in [0.29, 0.717) is 12.5 Å². The second kappa shape index (κ2) is 3.93. The summed E-state index contributed by atoms with van der Waals surface area (Å²) in [6, 6.07) is 0. The third kappa shape index (κ3) is 1.71. The van der Waals surface area contributed by atoms with E-state index in [0.717, 1.165) is 13.1 Å². The zero-order valence-corrected chi connectivity index (χ0v) is 8.06. The first kappa shape index (κ1) is 9.42. The van der Waals surface area contributed by atoms with Crippen LogP contribution in [0.25, 0.3) is 0 Å². The molecule has 0 bridgehead atoms. The number of nitrogens with one attached hydrogen (secondary N) is 1. The molecular weight excluding hydrogens is 184 g/mol. The lowest BCUT2D eigenvalue weighted by Crippen LogP contribution is -2.21. The van der Waals surface area contributed by atoms with Crippen LogP contribution < -0.4 is 11.1 Å². The van der Waals surface area contributed by atoms with Gasteiger partial charge < -0.3 is 20.3 Å². The van der Waals surface area contributed by atoms with Crippen LogP contribution in [0.3, 0.4) is 0 Å². The molecule has 0 aliphatic carbocycles. The van der Waals surface area contributed by atoms with Crippen LogP contribution in [-0.2, 0) is 4.74 Å². The van der Waals surface area contributed by atoms with Crippen molar-refractivity contribution in [3.8, 4) is 0 Å². The molecule has 2 rings (SSSR count). The first-order valence-corrected chi connectivity index (χ1v) is 4.72. The molecule has 1 aromatic heterocycles. The van der Waals surface area contributed by atoms with E-state index in [2.05, 4.69) is 15.5 Å². The van der Waals surface area contributed by atoms with Gasteiger partial charge in [0.2, 0.25) is 5.89 Å². The summed E-state index contributed by atoms with van der Waals surface area (Å²) >= 11 is 0. The minimum absolute atomic E-state index is 0.111. The monoisotopic (exact) mass is 198 g/mol. The molecule has 78 valence electrons. The largest absolute Gasteiger partial charge is 0.376 e. The third-order valence-electron chi connectivity index (χ3n) is 2.31. The summed E-state index contributed by atoms with van der Waals surface area (Å²) < 4.78 is 10.6. The van der Waals surface area contributed by atoms with E-state index in [1.165, 1.54) is 0 Å². The van der Waals surface area contributed by atoms with Crippen molar-refractivity contribution >= 4 is 5.95 Å². The number of ether oxygens (including phenoxy) is 1. The molecule has 1 aliphatic heterocycles. The number of hydrogen-bond donors (Lipinski definition) is 2. The summed E-state index contributed by atoms with van der Waals surface area (Å²) in [6.07, 6.45) is 0.111. The summed E-state index contributed by atoms with van der Waals surface area (Å²) in [7, 11) is 0. The lowest BCUT2D eigenvalue weighted by Gasteiger charge is -2.14. The number of nitrogens with zero attached hydrogens (tertiary/aromatic N) is 2. The lowest BCUT2D eigenvalue weighted by molar-refractivity contribution is 0.0587. The van der Waals surface area contributed by atoms with Crippen molar-refractivity contribution in [1.82, 2.24) is 15.5 Å². The second-order valence-electron chi connectivity index (χ2n) is 3.25. The first-order chi connectivity index (χ1) is 6.81. The van der Waals surface area contributed by atoms with Crippen LogP contribution in [0.15, 0.2) is 4.52 Å². The highest BCUT2D eigenvalue weighted by atomic mass is 16.5. The van der Waals surface area contributed by atoms with Gasteiger partial charge >= 0.3 is 0 Å². The van der Waals surface area contributed by atoms with E-state index < -0.39 is 0 Å². The van der Waals surface area contributed by atoms with Crippen LogP contribution in [-0.4, -0.2) is 35.9 Å². The number of anilines is 1. The molecule has 2 unspecified atom stereocenters. The Morgan fingerprint density at radius 3 is 3.14 bits per heavy atom. The number of nitrogens with two attached hydrogens (primary N) is 1. The fourth-order valence-corrected chi connectivity index (χ4v) is 1.69. The highest BCUT2D eigenvalue weighted by molar-refractivity contribution is 5.14. The van der Waals surface area contributed by atoms with Gasteiger partial charge in [0.25, 0.3) is 5.95 Å². The average Bonchev–Trinajstić information content (AvgIpc) is 2.74. The summed E-state index contributed by atoms with van der Waals surface area (Å²) in [5.74, 6) is 0.868. The van der Waals surface area contributed by atoms with E-state index in [9.17, 15) is 0 Å². The number of hydrogen-bond acceptors (Lipinski definition) is 6. The van der Waals surface area contributed by atoms with Crippen molar-refractivity contribution < 1.29 is 9.26 Å². The van der Waals surface area contributed by atoms with Crippen molar-refractivity contribution in [2.75, 3.05) is 25.4 Å². The molecule has 3 N–H and O–H groups in total. The highest BCUT2D eigenvalue weighted by Gasteiger charge is 2.33. The number of aromatic nitrogens is 2. The van der Waals surface area contributed by atoms with Crippen LogP contribution in [0.1, 0.15) is 18.7 Å². The smallest absolute Gasteiger partial charge is 0.260 e. The van der Waals surface area contributed by atoms with Crippen molar-refractivity contribution in [3.63, 3.8) is 0 Å². The maximum atomic E-state index is 5.55. The van der Waals surface area contributed by atoms with E-state index in [4.69, 9.17) is 15.0 Å². The Labute approximate surface area is 81.8 Å². The molecule has 0 spiro atoms.